The minimum absolute atomic E-state index is 0.00325. The lowest BCUT2D eigenvalue weighted by atomic mass is 10.2. The normalized spacial score (nSPS) is 10.4. The number of hydrogen-bond acceptors (Lipinski definition) is 4. The first-order valence-corrected chi connectivity index (χ1v) is 5.67. The van der Waals surface area contributed by atoms with E-state index in [4.69, 9.17) is 14.3 Å². The summed E-state index contributed by atoms with van der Waals surface area (Å²) in [4.78, 5) is 14.5. The van der Waals surface area contributed by atoms with Gasteiger partial charge in [-0.05, 0) is 12.1 Å². The summed E-state index contributed by atoms with van der Waals surface area (Å²) in [5, 5.41) is 8.54. The fourth-order valence-electron chi connectivity index (χ4n) is 1.47. The van der Waals surface area contributed by atoms with Crippen molar-refractivity contribution in [2.75, 3.05) is 0 Å². The van der Waals surface area contributed by atoms with E-state index in [1.54, 1.807) is 12.1 Å². The Labute approximate surface area is 108 Å². The Hall–Kier alpha value is -2.37. The van der Waals surface area contributed by atoms with Crippen LogP contribution in [0.1, 0.15) is 18.0 Å². The molecule has 1 heterocycles. The Kier molecular flexibility index (Phi) is 4.12. The molecule has 19 heavy (non-hydrogen) atoms. The van der Waals surface area contributed by atoms with Gasteiger partial charge in [0.2, 0.25) is 5.89 Å². The third-order valence-electron chi connectivity index (χ3n) is 2.35. The van der Waals surface area contributed by atoms with Gasteiger partial charge < -0.3 is 14.3 Å². The van der Waals surface area contributed by atoms with Gasteiger partial charge >= 0.3 is 5.97 Å². The van der Waals surface area contributed by atoms with Crippen LogP contribution >= 0.6 is 0 Å². The molecule has 2 rings (SSSR count). The van der Waals surface area contributed by atoms with Crippen LogP contribution in [0, 0.1) is 5.82 Å². The average Bonchev–Trinajstić information content (AvgIpc) is 2.82. The van der Waals surface area contributed by atoms with Crippen LogP contribution in [0.5, 0.6) is 5.75 Å². The maximum Gasteiger partial charge on any atom is 0.303 e. The molecule has 0 aliphatic rings. The molecular weight excluding hydrogens is 253 g/mol. The molecular formula is C13H12FNO4. The third-order valence-corrected chi connectivity index (χ3v) is 2.35. The molecule has 0 unspecified atom stereocenters. The molecule has 0 amide bonds. The molecule has 0 radical (unpaired) electrons. The summed E-state index contributed by atoms with van der Waals surface area (Å²) >= 11 is 0. The van der Waals surface area contributed by atoms with Crippen LogP contribution in [0.25, 0.3) is 0 Å². The molecule has 0 saturated carbocycles. The first-order chi connectivity index (χ1) is 9.13. The standard InChI is InChI=1S/C13H12FNO4/c14-9-2-1-3-11(6-9)18-8-12-15-10(7-19-12)4-5-13(16)17/h1-3,6-7H,4-5,8H2,(H,16,17). The number of carboxylic acid groups (broad SMARTS) is 1. The fourth-order valence-corrected chi connectivity index (χ4v) is 1.47. The van der Waals surface area contributed by atoms with Crippen molar-refractivity contribution in [3.05, 3.63) is 47.9 Å². The second kappa shape index (κ2) is 5.99. The quantitative estimate of drug-likeness (QED) is 0.868. The fraction of sp³-hybridized carbons (Fsp3) is 0.231. The van der Waals surface area contributed by atoms with Gasteiger partial charge in [0.25, 0.3) is 0 Å². The number of nitrogens with zero attached hydrogens (tertiary/aromatic N) is 1. The lowest BCUT2D eigenvalue weighted by Crippen LogP contribution is -1.99. The first-order valence-electron chi connectivity index (χ1n) is 5.67. The molecule has 0 saturated heterocycles. The van der Waals surface area contributed by atoms with Crippen LogP contribution in [0.4, 0.5) is 4.39 Å². The highest BCUT2D eigenvalue weighted by Crippen LogP contribution is 2.14. The smallest absolute Gasteiger partial charge is 0.303 e. The molecule has 2 aromatic rings. The Balaban J connectivity index is 1.88. The number of ether oxygens (including phenoxy) is 1. The number of aliphatic carboxylic acids is 1. The molecule has 1 N–H and O–H groups in total. The largest absolute Gasteiger partial charge is 0.484 e. The molecule has 1 aromatic carbocycles. The van der Waals surface area contributed by atoms with Crippen molar-refractivity contribution in [1.29, 1.82) is 0 Å². The molecule has 6 heteroatoms. The number of rotatable bonds is 6. The topological polar surface area (TPSA) is 72.6 Å². The maximum atomic E-state index is 12.9. The maximum absolute atomic E-state index is 12.9. The Morgan fingerprint density at radius 3 is 3.05 bits per heavy atom. The monoisotopic (exact) mass is 265 g/mol. The van der Waals surface area contributed by atoms with Crippen LogP contribution in [-0.4, -0.2) is 16.1 Å². The predicted octanol–water partition coefficient (Wildman–Crippen LogP) is 2.41. The first kappa shape index (κ1) is 13.1. The van der Waals surface area contributed by atoms with Crippen LogP contribution in [0.2, 0.25) is 0 Å². The molecule has 5 nitrogen and oxygen atoms in total. The zero-order valence-electron chi connectivity index (χ0n) is 10.0. The molecule has 0 bridgehead atoms. The molecule has 0 atom stereocenters. The van der Waals surface area contributed by atoms with E-state index >= 15 is 0 Å². The average molecular weight is 265 g/mol. The molecule has 1 aromatic heterocycles. The van der Waals surface area contributed by atoms with Gasteiger partial charge in [-0.2, -0.15) is 0 Å². The summed E-state index contributed by atoms with van der Waals surface area (Å²) in [7, 11) is 0. The lowest BCUT2D eigenvalue weighted by Gasteiger charge is -2.02. The third kappa shape index (κ3) is 4.09. The van der Waals surface area contributed by atoms with Crippen LogP contribution < -0.4 is 4.74 Å². The zero-order valence-corrected chi connectivity index (χ0v) is 10.0. The van der Waals surface area contributed by atoms with Crippen molar-refractivity contribution in [2.24, 2.45) is 0 Å². The summed E-state index contributed by atoms with van der Waals surface area (Å²) in [6, 6.07) is 5.74. The highest BCUT2D eigenvalue weighted by Gasteiger charge is 2.07. The summed E-state index contributed by atoms with van der Waals surface area (Å²) in [6.45, 7) is 0.0660. The van der Waals surface area contributed by atoms with Gasteiger partial charge in [0, 0.05) is 12.5 Å². The van der Waals surface area contributed by atoms with Crippen molar-refractivity contribution in [3.8, 4) is 5.75 Å². The van der Waals surface area contributed by atoms with Crippen molar-refractivity contribution in [1.82, 2.24) is 4.98 Å². The molecule has 0 fully saturated rings. The van der Waals surface area contributed by atoms with E-state index in [9.17, 15) is 9.18 Å². The van der Waals surface area contributed by atoms with Gasteiger partial charge in [-0.1, -0.05) is 6.07 Å². The Morgan fingerprint density at radius 2 is 2.32 bits per heavy atom. The number of oxazole rings is 1. The SMILES string of the molecule is O=C(O)CCc1coc(COc2cccc(F)c2)n1. The van der Waals surface area contributed by atoms with Crippen molar-refractivity contribution in [2.45, 2.75) is 19.4 Å². The van der Waals surface area contributed by atoms with Crippen LogP contribution in [-0.2, 0) is 17.8 Å². The van der Waals surface area contributed by atoms with E-state index in [2.05, 4.69) is 4.98 Å². The van der Waals surface area contributed by atoms with Gasteiger partial charge in [0.1, 0.15) is 17.8 Å². The number of aryl methyl sites for hydroxylation is 1. The van der Waals surface area contributed by atoms with E-state index < -0.39 is 5.97 Å². The van der Waals surface area contributed by atoms with Gasteiger partial charge in [-0.3, -0.25) is 4.79 Å². The predicted molar refractivity (Wildman–Crippen MR) is 63.2 cm³/mol. The number of hydrogen-bond donors (Lipinski definition) is 1. The summed E-state index contributed by atoms with van der Waals surface area (Å²) < 4.78 is 23.3. The Bertz CT molecular complexity index is 567. The van der Waals surface area contributed by atoms with E-state index in [-0.39, 0.29) is 18.8 Å². The summed E-state index contributed by atoms with van der Waals surface area (Å²) in [6.07, 6.45) is 1.70. The van der Waals surface area contributed by atoms with Crippen LogP contribution in [0.15, 0.2) is 34.9 Å². The van der Waals surface area contributed by atoms with Gasteiger partial charge in [-0.25, -0.2) is 9.37 Å². The van der Waals surface area contributed by atoms with E-state index in [0.29, 0.717) is 23.8 Å². The zero-order chi connectivity index (χ0) is 13.7. The summed E-state index contributed by atoms with van der Waals surface area (Å²) in [5.74, 6) is -0.567. The van der Waals surface area contributed by atoms with Crippen molar-refractivity contribution in [3.63, 3.8) is 0 Å². The minimum atomic E-state index is -0.888. The Morgan fingerprint density at radius 1 is 1.47 bits per heavy atom. The van der Waals surface area contributed by atoms with Crippen molar-refractivity contribution >= 4 is 5.97 Å². The van der Waals surface area contributed by atoms with Crippen molar-refractivity contribution < 1.29 is 23.4 Å². The van der Waals surface area contributed by atoms with E-state index in [1.165, 1.54) is 18.4 Å². The second-order valence-electron chi connectivity index (χ2n) is 3.87. The number of carboxylic acids is 1. The number of carbonyl (C=O) groups is 1. The molecule has 0 aliphatic carbocycles. The number of benzene rings is 1. The molecule has 0 aliphatic heterocycles. The summed E-state index contributed by atoms with van der Waals surface area (Å²) in [5.41, 5.74) is 0.556. The van der Waals surface area contributed by atoms with Gasteiger partial charge in [0.05, 0.1) is 12.1 Å². The second-order valence-corrected chi connectivity index (χ2v) is 3.87. The van der Waals surface area contributed by atoms with Crippen LogP contribution in [0.3, 0.4) is 0 Å². The lowest BCUT2D eigenvalue weighted by molar-refractivity contribution is -0.136. The highest BCUT2D eigenvalue weighted by molar-refractivity contribution is 5.66. The molecule has 100 valence electrons. The van der Waals surface area contributed by atoms with Gasteiger partial charge in [0.15, 0.2) is 6.61 Å². The minimum Gasteiger partial charge on any atom is -0.484 e. The van der Waals surface area contributed by atoms with E-state index in [1.807, 2.05) is 0 Å². The molecule has 0 spiro atoms. The van der Waals surface area contributed by atoms with Gasteiger partial charge in [-0.15, -0.1) is 0 Å². The number of halogens is 1. The highest BCUT2D eigenvalue weighted by atomic mass is 19.1. The number of aromatic nitrogens is 1. The van der Waals surface area contributed by atoms with E-state index in [0.717, 1.165) is 0 Å².